The van der Waals surface area contributed by atoms with Crippen molar-refractivity contribution in [1.29, 1.82) is 0 Å². The van der Waals surface area contributed by atoms with Crippen molar-refractivity contribution in [3.8, 4) is 11.4 Å². The summed E-state index contributed by atoms with van der Waals surface area (Å²) >= 11 is 1.44. The molecule has 1 saturated carbocycles. The van der Waals surface area contributed by atoms with Crippen molar-refractivity contribution in [2.45, 2.75) is 36.2 Å². The number of aromatic nitrogens is 4. The van der Waals surface area contributed by atoms with Crippen LogP contribution in [0.3, 0.4) is 0 Å². The quantitative estimate of drug-likeness (QED) is 0.550. The topological polar surface area (TPSA) is 85.2 Å². The normalized spacial score (nSPS) is 17.2. The van der Waals surface area contributed by atoms with Gasteiger partial charge < -0.3 is 15.0 Å². The number of ether oxygens (including phenoxy) is 1. The average molecular weight is 451 g/mol. The second-order valence-electron chi connectivity index (χ2n) is 8.04. The summed E-state index contributed by atoms with van der Waals surface area (Å²) in [5.41, 5.74) is 2.88. The highest BCUT2D eigenvalue weighted by Crippen LogP contribution is 2.41. The molecule has 0 bridgehead atoms. The minimum absolute atomic E-state index is 0.0533. The fourth-order valence-corrected chi connectivity index (χ4v) is 4.66. The predicted molar refractivity (Wildman–Crippen MR) is 125 cm³/mol. The van der Waals surface area contributed by atoms with Gasteiger partial charge in [0.05, 0.1) is 18.5 Å². The van der Waals surface area contributed by atoms with Crippen LogP contribution in [0, 0.1) is 0 Å². The lowest BCUT2D eigenvalue weighted by molar-refractivity contribution is -0.115. The van der Waals surface area contributed by atoms with Crippen LogP contribution >= 0.6 is 11.8 Å². The lowest BCUT2D eigenvalue weighted by Crippen LogP contribution is -2.36. The zero-order chi connectivity index (χ0) is 21.9. The van der Waals surface area contributed by atoms with Gasteiger partial charge in [-0.3, -0.25) is 14.3 Å². The van der Waals surface area contributed by atoms with E-state index in [4.69, 9.17) is 4.74 Å². The number of carbonyl (C=O) groups is 1. The first kappa shape index (κ1) is 21.0. The molecule has 2 aliphatic rings. The van der Waals surface area contributed by atoms with Gasteiger partial charge in [-0.15, -0.1) is 10.2 Å². The monoisotopic (exact) mass is 450 g/mol. The molecule has 9 heteroatoms. The Labute approximate surface area is 191 Å². The molecule has 3 aromatic rings. The van der Waals surface area contributed by atoms with Crippen LogP contribution in [0.15, 0.2) is 53.9 Å². The van der Waals surface area contributed by atoms with E-state index in [9.17, 15) is 4.79 Å². The smallest absolute Gasteiger partial charge is 0.237 e. The molecule has 0 radical (unpaired) electrons. The Morgan fingerprint density at radius 1 is 1.16 bits per heavy atom. The molecule has 1 N–H and O–H groups in total. The van der Waals surface area contributed by atoms with Crippen LogP contribution in [-0.4, -0.2) is 57.2 Å². The second kappa shape index (κ2) is 9.30. The summed E-state index contributed by atoms with van der Waals surface area (Å²) < 4.78 is 7.57. The molecule has 0 spiro atoms. The highest BCUT2D eigenvalue weighted by Gasteiger charge is 2.31. The van der Waals surface area contributed by atoms with Crippen molar-refractivity contribution in [2.75, 3.05) is 36.5 Å². The zero-order valence-electron chi connectivity index (χ0n) is 18.0. The van der Waals surface area contributed by atoms with E-state index in [1.54, 1.807) is 12.4 Å². The van der Waals surface area contributed by atoms with Crippen molar-refractivity contribution in [1.82, 2.24) is 19.7 Å². The first-order valence-electron chi connectivity index (χ1n) is 10.9. The summed E-state index contributed by atoms with van der Waals surface area (Å²) in [6.07, 6.45) is 5.76. The second-order valence-corrected chi connectivity index (χ2v) is 9.35. The molecule has 2 aromatic heterocycles. The minimum Gasteiger partial charge on any atom is -0.378 e. The van der Waals surface area contributed by atoms with Crippen LogP contribution in [-0.2, 0) is 9.53 Å². The van der Waals surface area contributed by atoms with Gasteiger partial charge >= 0.3 is 0 Å². The number of nitrogens with one attached hydrogen (secondary N) is 1. The highest BCUT2D eigenvalue weighted by atomic mass is 32.2. The van der Waals surface area contributed by atoms with Crippen LogP contribution in [0.5, 0.6) is 0 Å². The van der Waals surface area contributed by atoms with Gasteiger partial charge in [-0.1, -0.05) is 11.8 Å². The van der Waals surface area contributed by atoms with E-state index in [-0.39, 0.29) is 11.2 Å². The first-order valence-corrected chi connectivity index (χ1v) is 11.8. The van der Waals surface area contributed by atoms with Crippen molar-refractivity contribution in [2.24, 2.45) is 0 Å². The van der Waals surface area contributed by atoms with E-state index in [0.717, 1.165) is 67.1 Å². The fourth-order valence-electron chi connectivity index (χ4n) is 3.74. The SMILES string of the molecule is C[C@@H](Sc1nnc(-c2cccnc2)n1C1CC1)C(=O)Nc1ccc(N2CCOCC2)cc1. The molecule has 0 unspecified atom stereocenters. The maximum Gasteiger partial charge on any atom is 0.237 e. The van der Waals surface area contributed by atoms with E-state index in [2.05, 4.69) is 30.0 Å². The number of amides is 1. The van der Waals surface area contributed by atoms with Crippen molar-refractivity contribution >= 4 is 29.0 Å². The molecule has 1 aliphatic heterocycles. The Hall–Kier alpha value is -2.91. The van der Waals surface area contributed by atoms with Crippen molar-refractivity contribution in [3.05, 3.63) is 48.8 Å². The molecule has 2 fully saturated rings. The van der Waals surface area contributed by atoms with Gasteiger partial charge in [0.25, 0.3) is 0 Å². The summed E-state index contributed by atoms with van der Waals surface area (Å²) in [7, 11) is 0. The zero-order valence-corrected chi connectivity index (χ0v) is 18.8. The summed E-state index contributed by atoms with van der Waals surface area (Å²) in [5, 5.41) is 12.3. The van der Waals surface area contributed by atoms with E-state index in [1.165, 1.54) is 11.8 Å². The molecule has 8 nitrogen and oxygen atoms in total. The van der Waals surface area contributed by atoms with Gasteiger partial charge in [-0.25, -0.2) is 0 Å². The number of morpholine rings is 1. The molecular formula is C23H26N6O2S. The lowest BCUT2D eigenvalue weighted by atomic mass is 10.2. The van der Waals surface area contributed by atoms with Gasteiger partial charge in [0.1, 0.15) is 0 Å². The maximum absolute atomic E-state index is 12.9. The number of thioether (sulfide) groups is 1. The lowest BCUT2D eigenvalue weighted by Gasteiger charge is -2.28. The van der Waals surface area contributed by atoms with Gasteiger partial charge in [0.15, 0.2) is 11.0 Å². The van der Waals surface area contributed by atoms with Crippen molar-refractivity contribution in [3.63, 3.8) is 0 Å². The molecule has 1 atom stereocenters. The minimum atomic E-state index is -0.308. The summed E-state index contributed by atoms with van der Waals surface area (Å²) in [6.45, 7) is 5.18. The molecule has 1 amide bonds. The van der Waals surface area contributed by atoms with Crippen LogP contribution in [0.1, 0.15) is 25.8 Å². The molecule has 166 valence electrons. The predicted octanol–water partition coefficient (Wildman–Crippen LogP) is 3.63. The van der Waals surface area contributed by atoms with E-state index in [1.807, 2.05) is 43.3 Å². The number of hydrogen-bond donors (Lipinski definition) is 1. The van der Waals surface area contributed by atoms with Gasteiger partial charge in [0, 0.05) is 48.5 Å². The number of nitrogens with zero attached hydrogens (tertiary/aromatic N) is 5. The third kappa shape index (κ3) is 4.63. The summed E-state index contributed by atoms with van der Waals surface area (Å²) in [6, 6.07) is 12.3. The molecule has 1 aliphatic carbocycles. The Kier molecular flexibility index (Phi) is 6.09. The van der Waals surface area contributed by atoms with Crippen LogP contribution < -0.4 is 10.2 Å². The van der Waals surface area contributed by atoms with Crippen LogP contribution in [0.4, 0.5) is 11.4 Å². The Bertz CT molecular complexity index is 1060. The summed E-state index contributed by atoms with van der Waals surface area (Å²) in [5.74, 6) is 0.761. The number of rotatable bonds is 7. The number of hydrogen-bond acceptors (Lipinski definition) is 7. The molecular weight excluding hydrogens is 424 g/mol. The van der Waals surface area contributed by atoms with E-state index < -0.39 is 0 Å². The average Bonchev–Trinajstić information content (AvgIpc) is 3.60. The van der Waals surface area contributed by atoms with Gasteiger partial charge in [-0.05, 0) is 56.2 Å². The van der Waals surface area contributed by atoms with E-state index >= 15 is 0 Å². The standard InChI is InChI=1S/C23H26N6O2S/c1-16(22(30)25-18-4-6-19(7-5-18)28-11-13-31-14-12-28)32-23-27-26-21(29(23)20-8-9-20)17-3-2-10-24-15-17/h2-7,10,15-16,20H,8-9,11-14H2,1H3,(H,25,30)/t16-/m1/s1. The number of pyridine rings is 1. The third-order valence-electron chi connectivity index (χ3n) is 5.66. The first-order chi connectivity index (χ1) is 15.7. The Morgan fingerprint density at radius 3 is 2.62 bits per heavy atom. The highest BCUT2D eigenvalue weighted by molar-refractivity contribution is 8.00. The molecule has 3 heterocycles. The maximum atomic E-state index is 12.9. The van der Waals surface area contributed by atoms with Gasteiger partial charge in [-0.2, -0.15) is 0 Å². The van der Waals surface area contributed by atoms with Crippen LogP contribution in [0.2, 0.25) is 0 Å². The van der Waals surface area contributed by atoms with E-state index in [0.29, 0.717) is 6.04 Å². The van der Waals surface area contributed by atoms with Gasteiger partial charge in [0.2, 0.25) is 5.91 Å². The molecule has 32 heavy (non-hydrogen) atoms. The summed E-state index contributed by atoms with van der Waals surface area (Å²) in [4.78, 5) is 19.3. The molecule has 1 saturated heterocycles. The Morgan fingerprint density at radius 2 is 1.94 bits per heavy atom. The molecule has 1 aromatic carbocycles. The largest absolute Gasteiger partial charge is 0.378 e. The van der Waals surface area contributed by atoms with Crippen molar-refractivity contribution < 1.29 is 9.53 Å². The number of carbonyl (C=O) groups excluding carboxylic acids is 1. The number of benzene rings is 1. The fraction of sp³-hybridized carbons (Fsp3) is 0.391. The van der Waals surface area contributed by atoms with Crippen LogP contribution in [0.25, 0.3) is 11.4 Å². The number of anilines is 2. The molecule has 5 rings (SSSR count). The third-order valence-corrected chi connectivity index (χ3v) is 6.72. The Balaban J connectivity index is 1.25.